The van der Waals surface area contributed by atoms with E-state index in [4.69, 9.17) is 5.11 Å². The zero-order chi connectivity index (χ0) is 14.0. The highest BCUT2D eigenvalue weighted by molar-refractivity contribution is 5.81. The van der Waals surface area contributed by atoms with Gasteiger partial charge in [0.05, 0.1) is 6.04 Å². The zero-order valence-electron chi connectivity index (χ0n) is 11.7. The SMILES string of the molecule is CCCCCNC(=O)C(C)N(C)CCCC(=O)O. The highest BCUT2D eigenvalue weighted by atomic mass is 16.4. The van der Waals surface area contributed by atoms with Gasteiger partial charge in [-0.15, -0.1) is 0 Å². The quantitative estimate of drug-likeness (QED) is 0.582. The number of nitrogens with zero attached hydrogens (tertiary/aromatic N) is 1. The van der Waals surface area contributed by atoms with Gasteiger partial charge in [0, 0.05) is 13.0 Å². The average molecular weight is 258 g/mol. The van der Waals surface area contributed by atoms with Crippen molar-refractivity contribution in [3.8, 4) is 0 Å². The Labute approximate surface area is 110 Å². The van der Waals surface area contributed by atoms with Crippen molar-refractivity contribution in [1.82, 2.24) is 10.2 Å². The maximum absolute atomic E-state index is 11.8. The van der Waals surface area contributed by atoms with Crippen molar-refractivity contribution in [3.05, 3.63) is 0 Å². The van der Waals surface area contributed by atoms with Crippen LogP contribution in [0, 0.1) is 0 Å². The van der Waals surface area contributed by atoms with Crippen molar-refractivity contribution < 1.29 is 14.7 Å². The van der Waals surface area contributed by atoms with E-state index in [-0.39, 0.29) is 18.4 Å². The number of unbranched alkanes of at least 4 members (excludes halogenated alkanes) is 2. The molecule has 2 N–H and O–H groups in total. The molecule has 0 aromatic heterocycles. The van der Waals surface area contributed by atoms with Crippen LogP contribution in [-0.2, 0) is 9.59 Å². The molecule has 0 aliphatic carbocycles. The van der Waals surface area contributed by atoms with Gasteiger partial charge in [0.1, 0.15) is 0 Å². The Morgan fingerprint density at radius 2 is 1.94 bits per heavy atom. The van der Waals surface area contributed by atoms with Gasteiger partial charge in [-0.25, -0.2) is 0 Å². The third-order valence-corrected chi connectivity index (χ3v) is 3.02. The van der Waals surface area contributed by atoms with Crippen molar-refractivity contribution in [2.75, 3.05) is 20.1 Å². The molecule has 0 aliphatic rings. The molecule has 106 valence electrons. The minimum Gasteiger partial charge on any atom is -0.481 e. The van der Waals surface area contributed by atoms with Crippen LogP contribution < -0.4 is 5.32 Å². The molecule has 0 aromatic carbocycles. The normalized spacial score (nSPS) is 12.4. The summed E-state index contributed by atoms with van der Waals surface area (Å²) in [4.78, 5) is 24.1. The highest BCUT2D eigenvalue weighted by Crippen LogP contribution is 2.00. The van der Waals surface area contributed by atoms with Crippen LogP contribution in [0.3, 0.4) is 0 Å². The number of hydrogen-bond acceptors (Lipinski definition) is 3. The summed E-state index contributed by atoms with van der Waals surface area (Å²) in [6.45, 7) is 5.31. The first-order chi connectivity index (χ1) is 8.49. The predicted molar refractivity (Wildman–Crippen MR) is 71.5 cm³/mol. The van der Waals surface area contributed by atoms with E-state index in [9.17, 15) is 9.59 Å². The van der Waals surface area contributed by atoms with Crippen molar-refractivity contribution in [2.24, 2.45) is 0 Å². The molecular weight excluding hydrogens is 232 g/mol. The fourth-order valence-electron chi connectivity index (χ4n) is 1.61. The molecule has 0 heterocycles. The van der Waals surface area contributed by atoms with Crippen LogP contribution in [0.4, 0.5) is 0 Å². The molecule has 0 spiro atoms. The largest absolute Gasteiger partial charge is 0.481 e. The van der Waals surface area contributed by atoms with Gasteiger partial charge in [0.25, 0.3) is 0 Å². The molecular formula is C13H26N2O3. The number of rotatable bonds is 10. The van der Waals surface area contributed by atoms with Crippen molar-refractivity contribution in [3.63, 3.8) is 0 Å². The van der Waals surface area contributed by atoms with Gasteiger partial charge >= 0.3 is 5.97 Å². The monoisotopic (exact) mass is 258 g/mol. The maximum Gasteiger partial charge on any atom is 0.303 e. The van der Waals surface area contributed by atoms with Crippen LogP contribution in [0.15, 0.2) is 0 Å². The van der Waals surface area contributed by atoms with E-state index in [1.165, 1.54) is 0 Å². The van der Waals surface area contributed by atoms with Crippen molar-refractivity contribution in [1.29, 1.82) is 0 Å². The number of carbonyl (C=O) groups is 2. The molecule has 0 aromatic rings. The fourth-order valence-corrected chi connectivity index (χ4v) is 1.61. The highest BCUT2D eigenvalue weighted by Gasteiger charge is 2.17. The minimum atomic E-state index is -0.792. The summed E-state index contributed by atoms with van der Waals surface area (Å²) in [5.41, 5.74) is 0. The molecule has 5 nitrogen and oxygen atoms in total. The molecule has 1 unspecified atom stereocenters. The molecule has 0 radical (unpaired) electrons. The smallest absolute Gasteiger partial charge is 0.303 e. The van der Waals surface area contributed by atoms with Crippen LogP contribution in [0.1, 0.15) is 46.0 Å². The van der Waals surface area contributed by atoms with E-state index >= 15 is 0 Å². The summed E-state index contributed by atoms with van der Waals surface area (Å²) in [6, 6.07) is -0.208. The Bertz CT molecular complexity index is 257. The molecule has 18 heavy (non-hydrogen) atoms. The van der Waals surface area contributed by atoms with E-state index in [1.54, 1.807) is 0 Å². The number of nitrogens with one attached hydrogen (secondary N) is 1. The Balaban J connectivity index is 3.78. The van der Waals surface area contributed by atoms with E-state index in [0.717, 1.165) is 25.8 Å². The second-order valence-electron chi connectivity index (χ2n) is 4.65. The van der Waals surface area contributed by atoms with Gasteiger partial charge in [-0.2, -0.15) is 0 Å². The number of carbonyl (C=O) groups excluding carboxylic acids is 1. The van der Waals surface area contributed by atoms with E-state index < -0.39 is 5.97 Å². The third-order valence-electron chi connectivity index (χ3n) is 3.02. The molecule has 0 bridgehead atoms. The lowest BCUT2D eigenvalue weighted by atomic mass is 10.2. The molecule has 0 aliphatic heterocycles. The summed E-state index contributed by atoms with van der Waals surface area (Å²) in [5, 5.41) is 11.4. The van der Waals surface area contributed by atoms with E-state index in [2.05, 4.69) is 12.2 Å². The topological polar surface area (TPSA) is 69.6 Å². The number of likely N-dealkylation sites (N-methyl/N-ethyl adjacent to an activating group) is 1. The van der Waals surface area contributed by atoms with Crippen LogP contribution in [0.2, 0.25) is 0 Å². The molecule has 0 fully saturated rings. The Morgan fingerprint density at radius 1 is 1.28 bits per heavy atom. The average Bonchev–Trinajstić information content (AvgIpc) is 2.32. The lowest BCUT2D eigenvalue weighted by Gasteiger charge is -2.23. The molecule has 1 atom stereocenters. The number of carboxylic acid groups (broad SMARTS) is 1. The summed E-state index contributed by atoms with van der Waals surface area (Å²) in [6.07, 6.45) is 4.00. The van der Waals surface area contributed by atoms with Crippen molar-refractivity contribution >= 4 is 11.9 Å². The first kappa shape index (κ1) is 16.9. The first-order valence-electron chi connectivity index (χ1n) is 6.68. The van der Waals surface area contributed by atoms with Gasteiger partial charge in [-0.3, -0.25) is 14.5 Å². The molecule has 0 rings (SSSR count). The van der Waals surface area contributed by atoms with Gasteiger partial charge in [0.2, 0.25) is 5.91 Å². The second-order valence-corrected chi connectivity index (χ2v) is 4.65. The second kappa shape index (κ2) is 9.88. The molecule has 0 saturated heterocycles. The van der Waals surface area contributed by atoms with Gasteiger partial charge in [-0.1, -0.05) is 19.8 Å². The number of aliphatic carboxylic acids is 1. The van der Waals surface area contributed by atoms with Gasteiger partial charge in [-0.05, 0) is 33.4 Å². The zero-order valence-corrected chi connectivity index (χ0v) is 11.7. The number of amides is 1. The van der Waals surface area contributed by atoms with Gasteiger partial charge < -0.3 is 10.4 Å². The molecule has 1 amide bonds. The minimum absolute atomic E-state index is 0.0175. The summed E-state index contributed by atoms with van der Waals surface area (Å²) >= 11 is 0. The Morgan fingerprint density at radius 3 is 2.50 bits per heavy atom. The lowest BCUT2D eigenvalue weighted by molar-refractivity contribution is -0.137. The van der Waals surface area contributed by atoms with E-state index in [0.29, 0.717) is 13.0 Å². The number of hydrogen-bond donors (Lipinski definition) is 2. The van der Waals surface area contributed by atoms with Gasteiger partial charge in [0.15, 0.2) is 0 Å². The summed E-state index contributed by atoms with van der Waals surface area (Å²) in [5.74, 6) is -0.774. The Hall–Kier alpha value is -1.10. The Kier molecular flexibility index (Phi) is 9.28. The third kappa shape index (κ3) is 8.06. The maximum atomic E-state index is 11.8. The predicted octanol–water partition coefficient (Wildman–Crippen LogP) is 1.48. The van der Waals surface area contributed by atoms with Crippen LogP contribution in [0.5, 0.6) is 0 Å². The molecule has 5 heteroatoms. The first-order valence-corrected chi connectivity index (χ1v) is 6.68. The van der Waals surface area contributed by atoms with Crippen LogP contribution in [0.25, 0.3) is 0 Å². The fraction of sp³-hybridized carbons (Fsp3) is 0.846. The van der Waals surface area contributed by atoms with E-state index in [1.807, 2.05) is 18.9 Å². The summed E-state index contributed by atoms with van der Waals surface area (Å²) in [7, 11) is 1.85. The van der Waals surface area contributed by atoms with Crippen LogP contribution >= 0.6 is 0 Å². The lowest BCUT2D eigenvalue weighted by Crippen LogP contribution is -2.43. The molecule has 0 saturated carbocycles. The standard InChI is InChI=1S/C13H26N2O3/c1-4-5-6-9-14-13(18)11(2)15(3)10-7-8-12(16)17/h11H,4-10H2,1-3H3,(H,14,18)(H,16,17). The number of carboxylic acids is 1. The van der Waals surface area contributed by atoms with Crippen LogP contribution in [-0.4, -0.2) is 48.1 Å². The van der Waals surface area contributed by atoms with Crippen molar-refractivity contribution in [2.45, 2.75) is 52.0 Å². The summed E-state index contributed by atoms with van der Waals surface area (Å²) < 4.78 is 0.